The van der Waals surface area contributed by atoms with Crippen LogP contribution in [0.5, 0.6) is 17.2 Å². The van der Waals surface area contributed by atoms with E-state index in [1.807, 2.05) is 20.8 Å². The molecular weight excluding hydrogens is 695 g/mol. The first-order chi connectivity index (χ1) is 23.7. The number of aliphatic hydroxyl groups excluding tert-OH is 1. The average Bonchev–Trinajstić information content (AvgIpc) is 3.81. The summed E-state index contributed by atoms with van der Waals surface area (Å²) >= 11 is 0. The van der Waals surface area contributed by atoms with Crippen LogP contribution in [0.3, 0.4) is 0 Å². The number of benzene rings is 2. The molecular formula is C33H47N3O12S2. The second-order valence-electron chi connectivity index (χ2n) is 13.2. The zero-order valence-electron chi connectivity index (χ0n) is 28.6. The minimum Gasteiger partial charge on any atom is -0.492 e. The van der Waals surface area contributed by atoms with E-state index < -0.39 is 56.7 Å². The fourth-order valence-electron chi connectivity index (χ4n) is 6.06. The molecule has 5 rings (SSSR count). The van der Waals surface area contributed by atoms with Gasteiger partial charge in [-0.1, -0.05) is 32.9 Å². The number of hydrogen-bond donors (Lipinski definition) is 3. The summed E-state index contributed by atoms with van der Waals surface area (Å²) in [6.45, 7) is 6.18. The third kappa shape index (κ3) is 9.98. The summed E-state index contributed by atoms with van der Waals surface area (Å²) in [7, 11) is -7.50. The monoisotopic (exact) mass is 741 g/mol. The molecule has 0 saturated carbocycles. The summed E-state index contributed by atoms with van der Waals surface area (Å²) in [6.07, 6.45) is -0.626. The Morgan fingerprint density at radius 3 is 2.48 bits per heavy atom. The molecule has 1 amide bonds. The Bertz CT molecular complexity index is 1670. The lowest BCUT2D eigenvalue weighted by atomic mass is 10.0. The van der Waals surface area contributed by atoms with Crippen molar-refractivity contribution in [3.8, 4) is 17.2 Å². The Balaban J connectivity index is 1.32. The van der Waals surface area contributed by atoms with E-state index in [9.17, 15) is 26.7 Å². The van der Waals surface area contributed by atoms with Gasteiger partial charge in [0.2, 0.25) is 26.8 Å². The molecule has 6 atom stereocenters. The molecule has 0 bridgehead atoms. The first kappa shape index (κ1) is 38.1. The Morgan fingerprint density at radius 1 is 1.04 bits per heavy atom. The lowest BCUT2D eigenvalue weighted by molar-refractivity contribution is -0.0907. The van der Waals surface area contributed by atoms with Crippen LogP contribution >= 0.6 is 0 Å². The summed E-state index contributed by atoms with van der Waals surface area (Å²) < 4.78 is 88.2. The molecule has 2 aromatic rings. The van der Waals surface area contributed by atoms with Crippen molar-refractivity contribution in [3.05, 3.63) is 48.0 Å². The third-order valence-electron chi connectivity index (χ3n) is 8.66. The van der Waals surface area contributed by atoms with Gasteiger partial charge in [0.25, 0.3) is 0 Å². The number of alkyl carbamates (subject to hydrolysis) is 1. The van der Waals surface area contributed by atoms with Gasteiger partial charge in [-0.2, -0.15) is 4.31 Å². The van der Waals surface area contributed by atoms with Crippen molar-refractivity contribution in [2.75, 3.05) is 46.0 Å². The van der Waals surface area contributed by atoms with E-state index in [0.29, 0.717) is 42.3 Å². The van der Waals surface area contributed by atoms with Gasteiger partial charge in [-0.15, -0.1) is 0 Å². The fraction of sp³-hybridized carbons (Fsp3) is 0.606. The maximum absolute atomic E-state index is 13.9. The zero-order chi connectivity index (χ0) is 36.1. The first-order valence-corrected chi connectivity index (χ1v) is 20.0. The summed E-state index contributed by atoms with van der Waals surface area (Å²) in [5.74, 6) is 1.08. The predicted octanol–water partition coefficient (Wildman–Crippen LogP) is 2.23. The lowest BCUT2D eigenvalue weighted by Gasteiger charge is -2.31. The smallest absolute Gasteiger partial charge is 0.407 e. The number of aliphatic hydroxyl groups is 1. The van der Waals surface area contributed by atoms with Gasteiger partial charge >= 0.3 is 6.09 Å². The molecule has 0 aromatic heterocycles. The highest BCUT2D eigenvalue weighted by atomic mass is 32.2. The van der Waals surface area contributed by atoms with E-state index in [-0.39, 0.29) is 56.2 Å². The Morgan fingerprint density at radius 2 is 1.78 bits per heavy atom. The highest BCUT2D eigenvalue weighted by molar-refractivity contribution is 7.89. The van der Waals surface area contributed by atoms with E-state index in [4.69, 9.17) is 28.4 Å². The van der Waals surface area contributed by atoms with Gasteiger partial charge in [0, 0.05) is 19.2 Å². The van der Waals surface area contributed by atoms with E-state index >= 15 is 0 Å². The van der Waals surface area contributed by atoms with Crippen LogP contribution in [0.1, 0.15) is 39.2 Å². The van der Waals surface area contributed by atoms with Gasteiger partial charge in [0.1, 0.15) is 18.5 Å². The van der Waals surface area contributed by atoms with Gasteiger partial charge in [0.05, 0.1) is 48.5 Å². The molecule has 15 nitrogen and oxygen atoms in total. The van der Waals surface area contributed by atoms with Crippen LogP contribution in [0.25, 0.3) is 0 Å². The highest BCUT2D eigenvalue weighted by Gasteiger charge is 2.44. The van der Waals surface area contributed by atoms with E-state index in [1.165, 1.54) is 22.5 Å². The summed E-state index contributed by atoms with van der Waals surface area (Å²) in [6, 6.07) is 9.92. The van der Waals surface area contributed by atoms with Crippen LogP contribution in [0.15, 0.2) is 47.4 Å². The van der Waals surface area contributed by atoms with E-state index in [0.717, 1.165) is 6.26 Å². The molecule has 2 fully saturated rings. The molecule has 1 unspecified atom stereocenters. The zero-order valence-corrected chi connectivity index (χ0v) is 30.3. The van der Waals surface area contributed by atoms with Crippen LogP contribution in [-0.4, -0.2) is 109 Å². The molecule has 3 aliphatic rings. The van der Waals surface area contributed by atoms with Crippen molar-refractivity contribution in [2.45, 2.75) is 75.5 Å². The molecule has 2 saturated heterocycles. The summed E-state index contributed by atoms with van der Waals surface area (Å²) in [5, 5.41) is 14.4. The average molecular weight is 742 g/mol. The van der Waals surface area contributed by atoms with Crippen molar-refractivity contribution in [1.29, 1.82) is 0 Å². The molecule has 3 N–H and O–H groups in total. The van der Waals surface area contributed by atoms with Crippen LogP contribution in [0.4, 0.5) is 4.79 Å². The second kappa shape index (κ2) is 16.4. The van der Waals surface area contributed by atoms with E-state index in [1.54, 1.807) is 24.3 Å². The molecule has 0 spiro atoms. The number of carbonyl (C=O) groups is 1. The largest absolute Gasteiger partial charge is 0.492 e. The number of nitrogens with one attached hydrogen (secondary N) is 2. The quantitative estimate of drug-likeness (QED) is 0.215. The first-order valence-electron chi connectivity index (χ1n) is 16.7. The maximum atomic E-state index is 13.9. The van der Waals surface area contributed by atoms with E-state index in [2.05, 4.69) is 10.0 Å². The number of ether oxygens (including phenoxy) is 6. The molecule has 2 aromatic carbocycles. The van der Waals surface area contributed by atoms with Crippen molar-refractivity contribution >= 4 is 26.1 Å². The number of nitrogens with zero attached hydrogens (tertiary/aromatic N) is 1. The molecule has 0 aliphatic carbocycles. The number of rotatable bonds is 17. The van der Waals surface area contributed by atoms with Gasteiger partial charge in [-0.25, -0.2) is 26.4 Å². The maximum Gasteiger partial charge on any atom is 0.407 e. The molecule has 3 heterocycles. The molecule has 3 aliphatic heterocycles. The van der Waals surface area contributed by atoms with Crippen molar-refractivity contribution in [2.24, 2.45) is 11.8 Å². The van der Waals surface area contributed by atoms with Gasteiger partial charge in [0.15, 0.2) is 17.8 Å². The minimum absolute atomic E-state index is 0.00906. The lowest BCUT2D eigenvalue weighted by Crippen LogP contribution is -2.51. The molecule has 278 valence electrons. The third-order valence-corrected chi connectivity index (χ3v) is 11.2. The topological polar surface area (TPSA) is 188 Å². The molecule has 0 radical (unpaired) electrons. The molecule has 17 heteroatoms. The van der Waals surface area contributed by atoms with Crippen LogP contribution in [-0.2, 0) is 40.7 Å². The fourth-order valence-corrected chi connectivity index (χ4v) is 8.54. The molecule has 50 heavy (non-hydrogen) atoms. The second-order valence-corrected chi connectivity index (χ2v) is 16.9. The van der Waals surface area contributed by atoms with Gasteiger partial charge < -0.3 is 38.8 Å². The Labute approximate surface area is 293 Å². The van der Waals surface area contributed by atoms with Crippen LogP contribution < -0.4 is 24.2 Å². The standard InChI is InChI=1S/C33H47N3O12S2/c1-5-23(35-49(4,39)40)18-44-24-8-6-22(7-9-24)14-27(34-33(38)48-31-19-45-32-26(31)12-13-43-32)28(37)17-36(16-21(2)3)50(41,42)25-10-11-29-30(15-25)47-20-46-29/h6-11,15,21,23,26-28,31-32,35,37H,5,12-14,16-20H2,1-4H3,(H,34,38)/t23?,26-,27-,28+,31-,32+/m0/s1. The number of fused-ring (bicyclic) bond motifs is 2. The number of sulfonamides is 2. The number of carbonyl (C=O) groups excluding carboxylic acids is 1. The number of amides is 1. The van der Waals surface area contributed by atoms with Crippen molar-refractivity contribution in [3.63, 3.8) is 0 Å². The van der Waals surface area contributed by atoms with Crippen molar-refractivity contribution in [1.82, 2.24) is 14.3 Å². The van der Waals surface area contributed by atoms with Crippen LogP contribution in [0.2, 0.25) is 0 Å². The van der Waals surface area contributed by atoms with Gasteiger partial charge in [-0.3, -0.25) is 0 Å². The summed E-state index contributed by atoms with van der Waals surface area (Å²) in [5.41, 5.74) is 0.713. The highest BCUT2D eigenvalue weighted by Crippen LogP contribution is 2.35. The normalized spacial score (nSPS) is 21.9. The minimum atomic E-state index is -4.10. The summed E-state index contributed by atoms with van der Waals surface area (Å²) in [4.78, 5) is 13.2. The van der Waals surface area contributed by atoms with Crippen molar-refractivity contribution < 1.29 is 55.2 Å². The predicted molar refractivity (Wildman–Crippen MR) is 181 cm³/mol. The Kier molecular flexibility index (Phi) is 12.5. The van der Waals surface area contributed by atoms with Crippen LogP contribution in [0, 0.1) is 11.8 Å². The number of hydrogen-bond acceptors (Lipinski definition) is 12. The van der Waals surface area contributed by atoms with Gasteiger partial charge in [-0.05, 0) is 55.0 Å². The Hall–Kier alpha value is -3.19. The SMILES string of the molecule is CCC(COc1ccc(C[C@H](NC(=O)O[C@H]2CO[C@H]3OCC[C@H]32)[C@H](O)CN(CC(C)C)S(=O)(=O)c2ccc3c(c2)OCO3)cc1)NS(C)(=O)=O.